The van der Waals surface area contributed by atoms with Crippen molar-refractivity contribution in [3.8, 4) is 11.5 Å². The number of halogens is 1. The Morgan fingerprint density at radius 2 is 1.86 bits per heavy atom. The molecule has 1 aliphatic rings. The van der Waals surface area contributed by atoms with Crippen molar-refractivity contribution < 1.29 is 4.74 Å². The summed E-state index contributed by atoms with van der Waals surface area (Å²) in [6.45, 7) is 3.01. The van der Waals surface area contributed by atoms with Gasteiger partial charge in [0.05, 0.1) is 0 Å². The molecule has 0 unspecified atom stereocenters. The third-order valence-corrected chi connectivity index (χ3v) is 4.25. The largest absolute Gasteiger partial charge is 0.457 e. The summed E-state index contributed by atoms with van der Waals surface area (Å²) in [5.74, 6) is 1.89. The molecule has 2 aromatic carbocycles. The SMILES string of the molecule is CCc1ccccc1Oc1ccc(Br)cc1CNC1CC1. The summed E-state index contributed by atoms with van der Waals surface area (Å²) in [6.07, 6.45) is 3.56. The monoisotopic (exact) mass is 345 g/mol. The maximum atomic E-state index is 6.18. The Bertz CT molecular complexity index is 622. The van der Waals surface area contributed by atoms with E-state index in [9.17, 15) is 0 Å². The minimum Gasteiger partial charge on any atom is -0.457 e. The fourth-order valence-corrected chi connectivity index (χ4v) is 2.75. The van der Waals surface area contributed by atoms with Crippen LogP contribution in [0.1, 0.15) is 30.9 Å². The van der Waals surface area contributed by atoms with Gasteiger partial charge in [0.25, 0.3) is 0 Å². The van der Waals surface area contributed by atoms with Crippen LogP contribution in [-0.2, 0) is 13.0 Å². The molecule has 0 aliphatic heterocycles. The molecule has 1 fully saturated rings. The first kappa shape index (κ1) is 14.6. The highest BCUT2D eigenvalue weighted by Crippen LogP contribution is 2.31. The Labute approximate surface area is 134 Å². The number of ether oxygens (including phenoxy) is 1. The van der Waals surface area contributed by atoms with E-state index in [1.165, 1.54) is 24.0 Å². The first-order valence-electron chi connectivity index (χ1n) is 7.54. The molecule has 0 bridgehead atoms. The lowest BCUT2D eigenvalue weighted by Crippen LogP contribution is -2.15. The van der Waals surface area contributed by atoms with Crippen LogP contribution in [0.4, 0.5) is 0 Å². The molecule has 3 heteroatoms. The van der Waals surface area contributed by atoms with Crippen molar-refractivity contribution in [1.82, 2.24) is 5.32 Å². The molecule has 0 radical (unpaired) electrons. The van der Waals surface area contributed by atoms with E-state index in [1.54, 1.807) is 0 Å². The Hall–Kier alpha value is -1.32. The first-order valence-corrected chi connectivity index (χ1v) is 8.33. The molecule has 0 atom stereocenters. The smallest absolute Gasteiger partial charge is 0.132 e. The van der Waals surface area contributed by atoms with Gasteiger partial charge in [-0.05, 0) is 49.1 Å². The van der Waals surface area contributed by atoms with E-state index in [0.717, 1.165) is 28.9 Å². The van der Waals surface area contributed by atoms with Crippen LogP contribution in [0.25, 0.3) is 0 Å². The van der Waals surface area contributed by atoms with Crippen LogP contribution < -0.4 is 10.1 Å². The van der Waals surface area contributed by atoms with Gasteiger partial charge in [0, 0.05) is 22.6 Å². The van der Waals surface area contributed by atoms with Crippen LogP contribution in [0.2, 0.25) is 0 Å². The highest BCUT2D eigenvalue weighted by Gasteiger charge is 2.20. The maximum absolute atomic E-state index is 6.18. The molecule has 2 nitrogen and oxygen atoms in total. The molecule has 21 heavy (non-hydrogen) atoms. The van der Waals surface area contributed by atoms with Gasteiger partial charge < -0.3 is 10.1 Å². The molecule has 1 N–H and O–H groups in total. The number of benzene rings is 2. The summed E-state index contributed by atoms with van der Waals surface area (Å²) in [5, 5.41) is 3.55. The lowest BCUT2D eigenvalue weighted by atomic mass is 10.1. The summed E-state index contributed by atoms with van der Waals surface area (Å²) >= 11 is 3.55. The van der Waals surface area contributed by atoms with Gasteiger partial charge in [0.15, 0.2) is 0 Å². The van der Waals surface area contributed by atoms with Gasteiger partial charge in [-0.15, -0.1) is 0 Å². The molecule has 0 saturated heterocycles. The van der Waals surface area contributed by atoms with E-state index in [-0.39, 0.29) is 0 Å². The summed E-state index contributed by atoms with van der Waals surface area (Å²) < 4.78 is 7.27. The Morgan fingerprint density at radius 1 is 1.10 bits per heavy atom. The number of nitrogens with one attached hydrogen (secondary N) is 1. The molecule has 0 heterocycles. The van der Waals surface area contributed by atoms with Gasteiger partial charge in [-0.1, -0.05) is 41.1 Å². The maximum Gasteiger partial charge on any atom is 0.132 e. The summed E-state index contributed by atoms with van der Waals surface area (Å²) in [7, 11) is 0. The minimum absolute atomic E-state index is 0.694. The van der Waals surface area contributed by atoms with Crippen LogP contribution in [0, 0.1) is 0 Å². The van der Waals surface area contributed by atoms with E-state index in [1.807, 2.05) is 24.3 Å². The van der Waals surface area contributed by atoms with Crippen LogP contribution in [0.3, 0.4) is 0 Å². The quantitative estimate of drug-likeness (QED) is 0.790. The molecule has 0 aromatic heterocycles. The Morgan fingerprint density at radius 3 is 2.62 bits per heavy atom. The first-order chi connectivity index (χ1) is 10.3. The van der Waals surface area contributed by atoms with Crippen molar-refractivity contribution in [1.29, 1.82) is 0 Å². The Balaban J connectivity index is 1.82. The summed E-state index contributed by atoms with van der Waals surface area (Å²) in [4.78, 5) is 0. The minimum atomic E-state index is 0.694. The van der Waals surface area contributed by atoms with Gasteiger partial charge in [-0.2, -0.15) is 0 Å². The molecule has 1 aliphatic carbocycles. The molecule has 3 rings (SSSR count). The summed E-state index contributed by atoms with van der Waals surface area (Å²) in [5.41, 5.74) is 2.43. The highest BCUT2D eigenvalue weighted by atomic mass is 79.9. The fraction of sp³-hybridized carbons (Fsp3) is 0.333. The van der Waals surface area contributed by atoms with E-state index >= 15 is 0 Å². The number of para-hydroxylation sites is 1. The predicted molar refractivity (Wildman–Crippen MR) is 89.9 cm³/mol. The van der Waals surface area contributed by atoms with Crippen molar-refractivity contribution in [2.75, 3.05) is 0 Å². The topological polar surface area (TPSA) is 21.3 Å². The molecule has 0 amide bonds. The zero-order valence-corrected chi connectivity index (χ0v) is 13.8. The molecule has 110 valence electrons. The average Bonchev–Trinajstić information content (AvgIpc) is 3.32. The number of hydrogen-bond donors (Lipinski definition) is 1. The van der Waals surface area contributed by atoms with E-state index < -0.39 is 0 Å². The van der Waals surface area contributed by atoms with Crippen molar-refractivity contribution >= 4 is 15.9 Å². The molecular weight excluding hydrogens is 326 g/mol. The van der Waals surface area contributed by atoms with Crippen molar-refractivity contribution in [3.05, 3.63) is 58.1 Å². The fourth-order valence-electron chi connectivity index (χ4n) is 2.34. The van der Waals surface area contributed by atoms with Crippen molar-refractivity contribution in [2.24, 2.45) is 0 Å². The predicted octanol–water partition coefficient (Wildman–Crippen LogP) is 5.06. The second-order valence-electron chi connectivity index (χ2n) is 5.47. The zero-order chi connectivity index (χ0) is 14.7. The van der Waals surface area contributed by atoms with Gasteiger partial charge in [-0.25, -0.2) is 0 Å². The van der Waals surface area contributed by atoms with Gasteiger partial charge in [-0.3, -0.25) is 0 Å². The van der Waals surface area contributed by atoms with E-state index in [2.05, 4.69) is 46.4 Å². The van der Waals surface area contributed by atoms with E-state index in [0.29, 0.717) is 6.04 Å². The third-order valence-electron chi connectivity index (χ3n) is 3.75. The van der Waals surface area contributed by atoms with Crippen LogP contribution in [0.5, 0.6) is 11.5 Å². The lowest BCUT2D eigenvalue weighted by Gasteiger charge is -2.14. The average molecular weight is 346 g/mol. The number of aryl methyl sites for hydroxylation is 1. The number of rotatable bonds is 6. The van der Waals surface area contributed by atoms with E-state index in [4.69, 9.17) is 4.74 Å². The standard InChI is InChI=1S/C18H20BrNO/c1-2-13-5-3-4-6-17(13)21-18-10-7-15(19)11-14(18)12-20-16-8-9-16/h3-7,10-11,16,20H,2,8-9,12H2,1H3. The highest BCUT2D eigenvalue weighted by molar-refractivity contribution is 9.10. The van der Waals surface area contributed by atoms with Gasteiger partial charge in [0.1, 0.15) is 11.5 Å². The molecule has 1 saturated carbocycles. The second kappa shape index (κ2) is 6.63. The van der Waals surface area contributed by atoms with Gasteiger partial charge >= 0.3 is 0 Å². The normalized spacial score (nSPS) is 14.2. The lowest BCUT2D eigenvalue weighted by molar-refractivity contribution is 0.467. The Kier molecular flexibility index (Phi) is 4.61. The van der Waals surface area contributed by atoms with Crippen LogP contribution >= 0.6 is 15.9 Å². The van der Waals surface area contributed by atoms with Crippen LogP contribution in [-0.4, -0.2) is 6.04 Å². The molecule has 2 aromatic rings. The second-order valence-corrected chi connectivity index (χ2v) is 6.39. The molecule has 0 spiro atoms. The summed E-state index contributed by atoms with van der Waals surface area (Å²) in [6, 6.07) is 15.2. The number of hydrogen-bond acceptors (Lipinski definition) is 2. The van der Waals surface area contributed by atoms with Crippen molar-refractivity contribution in [3.63, 3.8) is 0 Å². The zero-order valence-electron chi connectivity index (χ0n) is 12.2. The van der Waals surface area contributed by atoms with Gasteiger partial charge in [0.2, 0.25) is 0 Å². The molecular formula is C18H20BrNO. The third kappa shape index (κ3) is 3.86. The van der Waals surface area contributed by atoms with Crippen LogP contribution in [0.15, 0.2) is 46.9 Å². The van der Waals surface area contributed by atoms with Crippen molar-refractivity contribution in [2.45, 2.75) is 38.8 Å².